The van der Waals surface area contributed by atoms with Gasteiger partial charge in [0.25, 0.3) is 0 Å². The summed E-state index contributed by atoms with van der Waals surface area (Å²) < 4.78 is 0. The molecule has 1 atom stereocenters. The van der Waals surface area contributed by atoms with E-state index in [1.807, 2.05) is 6.07 Å². The number of ketones is 1. The molecule has 0 saturated carbocycles. The van der Waals surface area contributed by atoms with Gasteiger partial charge in [-0.05, 0) is 54.2 Å². The highest BCUT2D eigenvalue weighted by Gasteiger charge is 2.24. The lowest BCUT2D eigenvalue weighted by Crippen LogP contribution is -2.24. The molecule has 1 unspecified atom stereocenters. The van der Waals surface area contributed by atoms with Gasteiger partial charge in [-0.15, -0.1) is 0 Å². The lowest BCUT2D eigenvalue weighted by atomic mass is 9.80. The van der Waals surface area contributed by atoms with E-state index in [1.54, 1.807) is 18.2 Å². The Morgan fingerprint density at radius 2 is 1.86 bits per heavy atom. The van der Waals surface area contributed by atoms with Gasteiger partial charge in [0.05, 0.1) is 0 Å². The van der Waals surface area contributed by atoms with Crippen LogP contribution >= 0.6 is 23.2 Å². The predicted octanol–water partition coefficient (Wildman–Crippen LogP) is 4.91. The summed E-state index contributed by atoms with van der Waals surface area (Å²) in [5.74, 6) is 0.351. The number of fused-ring (bicyclic) bond motifs is 1. The molecular formula is C18H16Cl2O. The molecule has 0 fully saturated rings. The molecule has 0 N–H and O–H groups in total. The molecule has 3 rings (SSSR count). The van der Waals surface area contributed by atoms with Gasteiger partial charge in [0.1, 0.15) is 5.78 Å². The largest absolute Gasteiger partial charge is 0.299 e. The second-order valence-electron chi connectivity index (χ2n) is 5.59. The van der Waals surface area contributed by atoms with Crippen molar-refractivity contribution in [3.8, 4) is 0 Å². The van der Waals surface area contributed by atoms with Crippen LogP contribution in [0.1, 0.15) is 23.1 Å². The number of carbonyl (C=O) groups is 1. The summed E-state index contributed by atoms with van der Waals surface area (Å²) in [5.41, 5.74) is 3.51. The van der Waals surface area contributed by atoms with Crippen molar-refractivity contribution in [1.82, 2.24) is 0 Å². The Labute approximate surface area is 134 Å². The average molecular weight is 319 g/mol. The monoisotopic (exact) mass is 318 g/mol. The van der Waals surface area contributed by atoms with Gasteiger partial charge in [-0.3, -0.25) is 4.79 Å². The zero-order valence-electron chi connectivity index (χ0n) is 11.6. The topological polar surface area (TPSA) is 17.1 Å². The average Bonchev–Trinajstić information content (AvgIpc) is 2.50. The second-order valence-corrected chi connectivity index (χ2v) is 6.43. The number of rotatable bonds is 3. The number of hydrogen-bond donors (Lipinski definition) is 0. The first-order valence-corrected chi connectivity index (χ1v) is 7.92. The number of halogens is 2. The number of benzene rings is 2. The number of carbonyl (C=O) groups excluding carboxylic acids is 1. The molecule has 0 heterocycles. The van der Waals surface area contributed by atoms with E-state index in [0.717, 1.165) is 24.8 Å². The maximum absolute atomic E-state index is 12.5. The minimum absolute atomic E-state index is 0.0925. The summed E-state index contributed by atoms with van der Waals surface area (Å²) in [6.07, 6.45) is 3.11. The first-order valence-electron chi connectivity index (χ1n) is 7.17. The molecule has 0 amide bonds. The maximum Gasteiger partial charge on any atom is 0.140 e. The van der Waals surface area contributed by atoms with Gasteiger partial charge in [-0.25, -0.2) is 0 Å². The van der Waals surface area contributed by atoms with Gasteiger partial charge < -0.3 is 0 Å². The van der Waals surface area contributed by atoms with Crippen LogP contribution in [0.5, 0.6) is 0 Å². The van der Waals surface area contributed by atoms with E-state index in [1.165, 1.54) is 11.1 Å². The quantitative estimate of drug-likeness (QED) is 0.785. The van der Waals surface area contributed by atoms with Crippen LogP contribution in [0.3, 0.4) is 0 Å². The number of hydrogen-bond acceptors (Lipinski definition) is 1. The fourth-order valence-corrected chi connectivity index (χ4v) is 3.36. The molecule has 0 aromatic heterocycles. The summed E-state index contributed by atoms with van der Waals surface area (Å²) in [7, 11) is 0. The van der Waals surface area contributed by atoms with Crippen LogP contribution in [0.15, 0.2) is 42.5 Å². The molecule has 0 radical (unpaired) electrons. The molecule has 0 saturated heterocycles. The van der Waals surface area contributed by atoms with Crippen LogP contribution in [-0.2, 0) is 24.1 Å². The molecule has 1 aliphatic rings. The number of Topliss-reactive ketones (excluding diaryl/α,β-unsaturated/α-hetero) is 1. The highest BCUT2D eigenvalue weighted by molar-refractivity contribution is 6.33. The Morgan fingerprint density at radius 1 is 1.10 bits per heavy atom. The molecule has 3 heteroatoms. The van der Waals surface area contributed by atoms with E-state index in [9.17, 15) is 4.79 Å². The van der Waals surface area contributed by atoms with Crippen LogP contribution < -0.4 is 0 Å². The Hall–Kier alpha value is -1.31. The zero-order valence-corrected chi connectivity index (χ0v) is 13.1. The van der Waals surface area contributed by atoms with Crippen LogP contribution in [-0.4, -0.2) is 5.78 Å². The van der Waals surface area contributed by atoms with Gasteiger partial charge in [0.15, 0.2) is 0 Å². The molecule has 21 heavy (non-hydrogen) atoms. The van der Waals surface area contributed by atoms with E-state index in [4.69, 9.17) is 23.2 Å². The molecule has 1 nitrogen and oxygen atoms in total. The summed E-state index contributed by atoms with van der Waals surface area (Å²) in [5, 5.41) is 1.24. The molecule has 0 aliphatic heterocycles. The van der Waals surface area contributed by atoms with Gasteiger partial charge in [0, 0.05) is 22.4 Å². The lowest BCUT2D eigenvalue weighted by Gasteiger charge is -2.23. The van der Waals surface area contributed by atoms with Crippen molar-refractivity contribution in [2.45, 2.75) is 25.7 Å². The zero-order chi connectivity index (χ0) is 14.8. The summed E-state index contributed by atoms with van der Waals surface area (Å²) in [6.45, 7) is 0. The van der Waals surface area contributed by atoms with Gasteiger partial charge >= 0.3 is 0 Å². The summed E-state index contributed by atoms with van der Waals surface area (Å²) >= 11 is 12.1. The smallest absolute Gasteiger partial charge is 0.140 e. The van der Waals surface area contributed by atoms with Crippen molar-refractivity contribution in [2.75, 3.05) is 0 Å². The summed E-state index contributed by atoms with van der Waals surface area (Å²) in [6, 6.07) is 13.7. The van der Waals surface area contributed by atoms with E-state index in [-0.39, 0.29) is 11.7 Å². The van der Waals surface area contributed by atoms with Crippen LogP contribution in [0.4, 0.5) is 0 Å². The van der Waals surface area contributed by atoms with Gasteiger partial charge in [0.2, 0.25) is 0 Å². The van der Waals surface area contributed by atoms with Crippen LogP contribution in [0.2, 0.25) is 10.0 Å². The van der Waals surface area contributed by atoms with Crippen molar-refractivity contribution >= 4 is 29.0 Å². The van der Waals surface area contributed by atoms with E-state index >= 15 is 0 Å². The third-order valence-electron chi connectivity index (χ3n) is 4.17. The fraction of sp³-hybridized carbons (Fsp3) is 0.278. The van der Waals surface area contributed by atoms with E-state index < -0.39 is 0 Å². The standard InChI is InChI=1S/C18H16Cl2O/c19-16-7-8-17(20)15(10-16)11-18(21)14-6-5-12-3-1-2-4-13(12)9-14/h1-4,7-8,10,14H,5-6,9,11H2. The molecule has 2 aromatic rings. The molecule has 108 valence electrons. The highest BCUT2D eigenvalue weighted by Crippen LogP contribution is 2.28. The predicted molar refractivity (Wildman–Crippen MR) is 87.1 cm³/mol. The van der Waals surface area contributed by atoms with Gasteiger partial charge in [-0.1, -0.05) is 47.5 Å². The highest BCUT2D eigenvalue weighted by atomic mass is 35.5. The van der Waals surface area contributed by atoms with Crippen molar-refractivity contribution < 1.29 is 4.79 Å². The fourth-order valence-electron chi connectivity index (χ4n) is 2.98. The van der Waals surface area contributed by atoms with Crippen LogP contribution in [0.25, 0.3) is 0 Å². The molecule has 1 aliphatic carbocycles. The molecule has 0 spiro atoms. The normalized spacial score (nSPS) is 17.3. The summed E-state index contributed by atoms with van der Waals surface area (Å²) in [4.78, 5) is 12.5. The third kappa shape index (κ3) is 3.30. The van der Waals surface area contributed by atoms with E-state index in [0.29, 0.717) is 16.5 Å². The van der Waals surface area contributed by atoms with E-state index in [2.05, 4.69) is 18.2 Å². The third-order valence-corrected chi connectivity index (χ3v) is 4.78. The van der Waals surface area contributed by atoms with Crippen molar-refractivity contribution in [3.05, 3.63) is 69.2 Å². The number of aryl methyl sites for hydroxylation is 1. The minimum atomic E-state index is 0.0925. The van der Waals surface area contributed by atoms with Crippen molar-refractivity contribution in [2.24, 2.45) is 5.92 Å². The SMILES string of the molecule is O=C(Cc1cc(Cl)ccc1Cl)C1CCc2ccccc2C1. The molecule has 2 aromatic carbocycles. The Balaban J connectivity index is 1.74. The maximum atomic E-state index is 12.5. The van der Waals surface area contributed by atoms with Crippen molar-refractivity contribution in [1.29, 1.82) is 0 Å². The minimum Gasteiger partial charge on any atom is -0.299 e. The second kappa shape index (κ2) is 6.21. The first kappa shape index (κ1) is 14.6. The Kier molecular flexibility index (Phi) is 4.32. The molecular weight excluding hydrogens is 303 g/mol. The van der Waals surface area contributed by atoms with Crippen LogP contribution in [0, 0.1) is 5.92 Å². The Morgan fingerprint density at radius 3 is 2.67 bits per heavy atom. The lowest BCUT2D eigenvalue weighted by molar-refractivity contribution is -0.122. The van der Waals surface area contributed by atoms with Crippen molar-refractivity contribution in [3.63, 3.8) is 0 Å². The van der Waals surface area contributed by atoms with Gasteiger partial charge in [-0.2, -0.15) is 0 Å². The first-order chi connectivity index (χ1) is 10.1. The Bertz CT molecular complexity index is 679. The molecule has 0 bridgehead atoms.